The maximum absolute atomic E-state index is 5.41. The molecule has 0 N–H and O–H groups in total. The van der Waals surface area contributed by atoms with Crippen molar-refractivity contribution in [2.75, 3.05) is 20.8 Å². The highest BCUT2D eigenvalue weighted by Gasteiger charge is 2.11. The van der Waals surface area contributed by atoms with E-state index in [-0.39, 0.29) is 0 Å². The number of ether oxygens (including phenoxy) is 2. The normalized spacial score (nSPS) is 10.9. The lowest BCUT2D eigenvalue weighted by atomic mass is 10.2. The average Bonchev–Trinajstić information content (AvgIpc) is 3.27. The number of thioether (sulfide) groups is 1. The summed E-state index contributed by atoms with van der Waals surface area (Å²) in [5.41, 5.74) is 2.04. The fourth-order valence-electron chi connectivity index (χ4n) is 2.16. The van der Waals surface area contributed by atoms with E-state index in [1.165, 1.54) is 0 Å². The van der Waals surface area contributed by atoms with E-state index in [0.717, 1.165) is 39.5 Å². The van der Waals surface area contributed by atoms with E-state index in [2.05, 4.69) is 15.6 Å². The van der Waals surface area contributed by atoms with Crippen molar-refractivity contribution in [2.45, 2.75) is 17.5 Å². The molecule has 8 heteroatoms. The van der Waals surface area contributed by atoms with Gasteiger partial charge < -0.3 is 14.0 Å². The fourth-order valence-corrected chi connectivity index (χ4v) is 3.94. The van der Waals surface area contributed by atoms with Crippen LogP contribution in [0.4, 0.5) is 0 Å². The Bertz CT molecular complexity index is 788. The summed E-state index contributed by atoms with van der Waals surface area (Å²) in [4.78, 5) is 4.72. The number of para-hydroxylation sites is 1. The molecule has 0 saturated carbocycles. The van der Waals surface area contributed by atoms with Crippen LogP contribution >= 0.6 is 23.1 Å². The standard InChI is InChI=1S/C16H18N4O2S2/c1-21-8-7-20-11-17-19-16(20)24-10-12-9-23-15(18-12)13-5-3-4-6-14(13)22-2/h3-6,9,11H,7-8,10H2,1-2H3. The molecule has 0 aliphatic carbocycles. The van der Waals surface area contributed by atoms with Gasteiger partial charge in [-0.1, -0.05) is 23.9 Å². The van der Waals surface area contributed by atoms with Gasteiger partial charge in [-0.25, -0.2) is 4.98 Å². The lowest BCUT2D eigenvalue weighted by Gasteiger charge is -2.05. The number of methoxy groups -OCH3 is 2. The Kier molecular flexibility index (Phi) is 5.84. The fraction of sp³-hybridized carbons (Fsp3) is 0.312. The monoisotopic (exact) mass is 362 g/mol. The molecular weight excluding hydrogens is 344 g/mol. The summed E-state index contributed by atoms with van der Waals surface area (Å²) >= 11 is 3.24. The van der Waals surface area contributed by atoms with E-state index in [4.69, 9.17) is 14.5 Å². The van der Waals surface area contributed by atoms with Crippen molar-refractivity contribution in [1.82, 2.24) is 19.7 Å². The zero-order chi connectivity index (χ0) is 16.8. The van der Waals surface area contributed by atoms with Gasteiger partial charge in [0.2, 0.25) is 0 Å². The Morgan fingerprint density at radius 2 is 2.12 bits per heavy atom. The van der Waals surface area contributed by atoms with Crippen molar-refractivity contribution in [3.63, 3.8) is 0 Å². The first-order chi connectivity index (χ1) is 11.8. The molecule has 0 amide bonds. The van der Waals surface area contributed by atoms with E-state index in [0.29, 0.717) is 6.61 Å². The number of thiazole rings is 1. The topological polar surface area (TPSA) is 62.1 Å². The lowest BCUT2D eigenvalue weighted by molar-refractivity contribution is 0.184. The Labute approximate surface area is 148 Å². The number of nitrogens with zero attached hydrogens (tertiary/aromatic N) is 4. The second-order valence-corrected chi connectivity index (χ2v) is 6.73. The quantitative estimate of drug-likeness (QED) is 0.573. The van der Waals surface area contributed by atoms with Gasteiger partial charge in [0.25, 0.3) is 0 Å². The van der Waals surface area contributed by atoms with E-state index >= 15 is 0 Å². The summed E-state index contributed by atoms with van der Waals surface area (Å²) in [6.07, 6.45) is 1.72. The second kappa shape index (κ2) is 8.27. The molecule has 2 aromatic heterocycles. The van der Waals surface area contributed by atoms with Crippen LogP contribution in [0.5, 0.6) is 5.75 Å². The molecule has 0 fully saturated rings. The molecule has 1 aromatic carbocycles. The maximum Gasteiger partial charge on any atom is 0.191 e. The van der Waals surface area contributed by atoms with Gasteiger partial charge in [0.15, 0.2) is 5.16 Å². The van der Waals surface area contributed by atoms with E-state index in [1.54, 1.807) is 43.6 Å². The Morgan fingerprint density at radius 3 is 2.96 bits per heavy atom. The average molecular weight is 362 g/mol. The smallest absolute Gasteiger partial charge is 0.191 e. The summed E-state index contributed by atoms with van der Waals surface area (Å²) in [6, 6.07) is 7.92. The van der Waals surface area contributed by atoms with Crippen molar-refractivity contribution in [3.8, 4) is 16.3 Å². The molecule has 0 saturated heterocycles. The number of rotatable bonds is 8. The van der Waals surface area contributed by atoms with Crippen molar-refractivity contribution >= 4 is 23.1 Å². The van der Waals surface area contributed by atoms with Gasteiger partial charge in [-0.15, -0.1) is 21.5 Å². The predicted molar refractivity (Wildman–Crippen MR) is 95.6 cm³/mol. The molecule has 0 radical (unpaired) electrons. The van der Waals surface area contributed by atoms with Crippen LogP contribution in [0, 0.1) is 0 Å². The molecule has 0 spiro atoms. The summed E-state index contributed by atoms with van der Waals surface area (Å²) in [5, 5.41) is 12.0. The van der Waals surface area contributed by atoms with E-state index in [9.17, 15) is 0 Å². The van der Waals surface area contributed by atoms with Crippen LogP contribution < -0.4 is 4.74 Å². The molecule has 0 unspecified atom stereocenters. The van der Waals surface area contributed by atoms with Crippen LogP contribution in [-0.4, -0.2) is 40.6 Å². The Hall–Kier alpha value is -1.90. The van der Waals surface area contributed by atoms with Gasteiger partial charge in [0, 0.05) is 24.8 Å². The summed E-state index contributed by atoms with van der Waals surface area (Å²) in [5.74, 6) is 1.59. The van der Waals surface area contributed by atoms with Gasteiger partial charge in [-0.2, -0.15) is 0 Å². The molecule has 3 rings (SSSR count). The van der Waals surface area contributed by atoms with Crippen LogP contribution in [0.3, 0.4) is 0 Å². The van der Waals surface area contributed by atoms with Crippen LogP contribution in [0.15, 0.2) is 41.1 Å². The van der Waals surface area contributed by atoms with Gasteiger partial charge >= 0.3 is 0 Å². The minimum Gasteiger partial charge on any atom is -0.496 e. The molecule has 2 heterocycles. The zero-order valence-electron chi connectivity index (χ0n) is 13.5. The highest BCUT2D eigenvalue weighted by Crippen LogP contribution is 2.33. The van der Waals surface area contributed by atoms with Crippen LogP contribution in [0.1, 0.15) is 5.69 Å². The molecule has 126 valence electrons. The highest BCUT2D eigenvalue weighted by atomic mass is 32.2. The number of hydrogen-bond acceptors (Lipinski definition) is 7. The number of aromatic nitrogens is 4. The SMILES string of the molecule is COCCn1cnnc1SCc1csc(-c2ccccc2OC)n1. The molecule has 0 atom stereocenters. The molecular formula is C16H18N4O2S2. The van der Waals surface area contributed by atoms with Crippen molar-refractivity contribution in [1.29, 1.82) is 0 Å². The van der Waals surface area contributed by atoms with Gasteiger partial charge in [-0.3, -0.25) is 0 Å². The largest absolute Gasteiger partial charge is 0.496 e. The highest BCUT2D eigenvalue weighted by molar-refractivity contribution is 7.98. The molecule has 24 heavy (non-hydrogen) atoms. The van der Waals surface area contributed by atoms with Crippen LogP contribution in [0.25, 0.3) is 10.6 Å². The maximum atomic E-state index is 5.41. The molecule has 0 aliphatic rings. The Balaban J connectivity index is 1.68. The van der Waals surface area contributed by atoms with Crippen molar-refractivity contribution in [3.05, 3.63) is 41.7 Å². The molecule has 3 aromatic rings. The van der Waals surface area contributed by atoms with Gasteiger partial charge in [0.05, 0.1) is 25.0 Å². The second-order valence-electron chi connectivity index (χ2n) is 4.93. The minimum absolute atomic E-state index is 0.639. The number of hydrogen-bond donors (Lipinski definition) is 0. The summed E-state index contributed by atoms with van der Waals surface area (Å²) in [7, 11) is 3.36. The third-order valence-corrected chi connectivity index (χ3v) is 5.29. The molecule has 0 bridgehead atoms. The van der Waals surface area contributed by atoms with Crippen molar-refractivity contribution in [2.24, 2.45) is 0 Å². The van der Waals surface area contributed by atoms with Crippen LogP contribution in [-0.2, 0) is 17.0 Å². The van der Waals surface area contributed by atoms with Crippen molar-refractivity contribution < 1.29 is 9.47 Å². The summed E-state index contributed by atoms with van der Waals surface area (Å²) in [6.45, 7) is 1.38. The van der Waals surface area contributed by atoms with E-state index in [1.807, 2.05) is 28.8 Å². The lowest BCUT2D eigenvalue weighted by Crippen LogP contribution is -2.04. The zero-order valence-corrected chi connectivity index (χ0v) is 15.1. The van der Waals surface area contributed by atoms with Gasteiger partial charge in [0.1, 0.15) is 17.1 Å². The van der Waals surface area contributed by atoms with Gasteiger partial charge in [-0.05, 0) is 12.1 Å². The molecule has 6 nitrogen and oxygen atoms in total. The third-order valence-electron chi connectivity index (χ3n) is 3.35. The first-order valence-corrected chi connectivity index (χ1v) is 9.25. The minimum atomic E-state index is 0.639. The van der Waals surface area contributed by atoms with Crippen LogP contribution in [0.2, 0.25) is 0 Å². The molecule has 0 aliphatic heterocycles. The summed E-state index contributed by atoms with van der Waals surface area (Å²) < 4.78 is 12.5. The third kappa shape index (κ3) is 3.95. The first-order valence-electron chi connectivity index (χ1n) is 7.39. The Morgan fingerprint density at radius 1 is 1.25 bits per heavy atom. The first kappa shape index (κ1) is 16.9. The predicted octanol–water partition coefficient (Wildman–Crippen LogP) is 3.35. The number of benzene rings is 1. The van der Waals surface area contributed by atoms with E-state index < -0.39 is 0 Å².